The van der Waals surface area contributed by atoms with Gasteiger partial charge in [-0.05, 0) is 31.9 Å². The van der Waals surface area contributed by atoms with Gasteiger partial charge in [0.2, 0.25) is 0 Å². The third-order valence-corrected chi connectivity index (χ3v) is 5.23. The maximum absolute atomic E-state index is 4.67. The molecule has 118 valence electrons. The fourth-order valence-electron chi connectivity index (χ4n) is 2.76. The van der Waals surface area contributed by atoms with Gasteiger partial charge >= 0.3 is 0 Å². The van der Waals surface area contributed by atoms with Gasteiger partial charge in [-0.25, -0.2) is 0 Å². The molecule has 0 spiro atoms. The molecule has 2 aliphatic heterocycles. The van der Waals surface area contributed by atoms with E-state index in [1.54, 1.807) is 0 Å². The Bertz CT molecular complexity index is 723. The molecule has 1 aromatic rings. The van der Waals surface area contributed by atoms with E-state index in [0.29, 0.717) is 0 Å². The zero-order valence-corrected chi connectivity index (χ0v) is 14.6. The SMILES string of the molecule is C=C(C)N=C1C=C(c2ccccc2)S/C1=C(/C)N1CC=CCC1. The van der Waals surface area contributed by atoms with E-state index in [2.05, 4.69) is 72.0 Å². The zero-order valence-electron chi connectivity index (χ0n) is 13.7. The van der Waals surface area contributed by atoms with E-state index in [-0.39, 0.29) is 0 Å². The summed E-state index contributed by atoms with van der Waals surface area (Å²) in [6, 6.07) is 10.5. The summed E-state index contributed by atoms with van der Waals surface area (Å²) in [5, 5.41) is 0. The van der Waals surface area contributed by atoms with Gasteiger partial charge in [-0.2, -0.15) is 0 Å². The highest BCUT2D eigenvalue weighted by Crippen LogP contribution is 2.43. The Hall–Kier alpha value is -2.00. The van der Waals surface area contributed by atoms with Crippen LogP contribution < -0.4 is 0 Å². The molecule has 23 heavy (non-hydrogen) atoms. The van der Waals surface area contributed by atoms with Crippen LogP contribution in [0, 0.1) is 0 Å². The number of allylic oxidation sites excluding steroid dienone is 4. The summed E-state index contributed by atoms with van der Waals surface area (Å²) in [5.41, 5.74) is 4.43. The molecule has 0 amide bonds. The first-order chi connectivity index (χ1) is 11.1. The lowest BCUT2D eigenvalue weighted by Gasteiger charge is -2.27. The smallest absolute Gasteiger partial charge is 0.0800 e. The number of benzene rings is 1. The van der Waals surface area contributed by atoms with Gasteiger partial charge in [0, 0.05) is 29.4 Å². The molecule has 0 bridgehead atoms. The summed E-state index contributed by atoms with van der Waals surface area (Å²) in [5.74, 6) is 0. The molecule has 0 saturated heterocycles. The summed E-state index contributed by atoms with van der Waals surface area (Å²) in [6.07, 6.45) is 7.80. The van der Waals surface area contributed by atoms with Gasteiger partial charge < -0.3 is 4.90 Å². The topological polar surface area (TPSA) is 15.6 Å². The van der Waals surface area contributed by atoms with E-state index in [4.69, 9.17) is 0 Å². The van der Waals surface area contributed by atoms with E-state index in [9.17, 15) is 0 Å². The quantitative estimate of drug-likeness (QED) is 0.707. The van der Waals surface area contributed by atoms with Crippen LogP contribution in [0.1, 0.15) is 25.8 Å². The largest absolute Gasteiger partial charge is 0.370 e. The normalized spacial score (nSPS) is 21.6. The van der Waals surface area contributed by atoms with Gasteiger partial charge in [0.1, 0.15) is 0 Å². The molecule has 0 N–H and O–H groups in total. The van der Waals surface area contributed by atoms with E-state index < -0.39 is 0 Å². The number of thioether (sulfide) groups is 1. The summed E-state index contributed by atoms with van der Waals surface area (Å²) in [7, 11) is 0. The van der Waals surface area contributed by atoms with Gasteiger partial charge in [-0.3, -0.25) is 4.99 Å². The van der Waals surface area contributed by atoms with Crippen molar-refractivity contribution >= 4 is 22.4 Å². The van der Waals surface area contributed by atoms with Gasteiger partial charge in [-0.15, -0.1) is 0 Å². The van der Waals surface area contributed by atoms with Crippen molar-refractivity contribution < 1.29 is 0 Å². The van der Waals surface area contributed by atoms with E-state index >= 15 is 0 Å². The Morgan fingerprint density at radius 2 is 1.96 bits per heavy atom. The van der Waals surface area contributed by atoms with E-state index in [0.717, 1.165) is 30.9 Å². The first kappa shape index (κ1) is 15.9. The summed E-state index contributed by atoms with van der Waals surface area (Å²) >= 11 is 1.82. The minimum absolute atomic E-state index is 0.843. The highest BCUT2D eigenvalue weighted by atomic mass is 32.2. The molecule has 0 atom stereocenters. The molecule has 2 nitrogen and oxygen atoms in total. The lowest BCUT2D eigenvalue weighted by atomic mass is 10.1. The van der Waals surface area contributed by atoms with Gasteiger partial charge in [0.05, 0.1) is 10.6 Å². The van der Waals surface area contributed by atoms with Crippen molar-refractivity contribution in [3.8, 4) is 0 Å². The highest BCUT2D eigenvalue weighted by Gasteiger charge is 2.23. The van der Waals surface area contributed by atoms with Gasteiger partial charge in [0.15, 0.2) is 0 Å². The molecule has 0 radical (unpaired) electrons. The second-order valence-electron chi connectivity index (χ2n) is 5.83. The van der Waals surface area contributed by atoms with E-state index in [1.165, 1.54) is 21.1 Å². The molecule has 3 heteroatoms. The molecular formula is C20H22N2S. The third-order valence-electron chi connectivity index (χ3n) is 3.94. The van der Waals surface area contributed by atoms with Crippen LogP contribution in [0.25, 0.3) is 4.91 Å². The Kier molecular flexibility index (Phi) is 4.87. The molecule has 0 aromatic heterocycles. The molecule has 3 rings (SSSR count). The van der Waals surface area contributed by atoms with Crippen LogP contribution in [0.15, 0.2) is 76.4 Å². The van der Waals surface area contributed by atoms with Crippen molar-refractivity contribution in [1.29, 1.82) is 0 Å². The Morgan fingerprint density at radius 3 is 2.61 bits per heavy atom. The second kappa shape index (κ2) is 7.05. The monoisotopic (exact) mass is 322 g/mol. The number of hydrogen-bond donors (Lipinski definition) is 0. The average molecular weight is 322 g/mol. The van der Waals surface area contributed by atoms with Gasteiger partial charge in [-0.1, -0.05) is 60.8 Å². The lowest BCUT2D eigenvalue weighted by molar-refractivity contribution is 0.375. The predicted octanol–water partition coefficient (Wildman–Crippen LogP) is 5.24. The van der Waals surface area contributed by atoms with Crippen LogP contribution in [0.5, 0.6) is 0 Å². The highest BCUT2D eigenvalue weighted by molar-refractivity contribution is 8.13. The molecule has 0 fully saturated rings. The maximum Gasteiger partial charge on any atom is 0.0800 e. The van der Waals surface area contributed by atoms with Crippen LogP contribution in [0.4, 0.5) is 0 Å². The van der Waals surface area contributed by atoms with Crippen LogP contribution in [0.2, 0.25) is 0 Å². The van der Waals surface area contributed by atoms with E-state index in [1.807, 2.05) is 18.7 Å². The molecule has 0 saturated carbocycles. The van der Waals surface area contributed by atoms with Crippen molar-refractivity contribution in [2.24, 2.45) is 4.99 Å². The predicted molar refractivity (Wildman–Crippen MR) is 102 cm³/mol. The summed E-state index contributed by atoms with van der Waals surface area (Å²) in [4.78, 5) is 9.61. The fourth-order valence-corrected chi connectivity index (χ4v) is 3.89. The minimum Gasteiger partial charge on any atom is -0.370 e. The molecule has 2 heterocycles. The maximum atomic E-state index is 4.67. The standard InChI is InChI=1S/C20H22N2S/c1-15(2)21-18-14-19(17-10-6-4-7-11-17)23-20(18)16(3)22-12-8-5-9-13-22/h4-8,10-11,14H,1,9,12-13H2,2-3H3/b20-16-,21-18?. The zero-order chi connectivity index (χ0) is 16.2. The van der Waals surface area contributed by atoms with Crippen molar-refractivity contribution in [1.82, 2.24) is 4.90 Å². The van der Waals surface area contributed by atoms with Crippen molar-refractivity contribution in [2.75, 3.05) is 13.1 Å². The van der Waals surface area contributed by atoms with Crippen LogP contribution >= 0.6 is 11.8 Å². The molecule has 0 unspecified atom stereocenters. The molecule has 1 aromatic carbocycles. The summed E-state index contributed by atoms with van der Waals surface area (Å²) < 4.78 is 0. The third kappa shape index (κ3) is 3.67. The Labute approximate surface area is 143 Å². The number of aliphatic imine (C=N–C) groups is 1. The second-order valence-corrected chi connectivity index (χ2v) is 6.88. The van der Waals surface area contributed by atoms with Gasteiger partial charge in [0.25, 0.3) is 0 Å². The average Bonchev–Trinajstić information content (AvgIpc) is 2.99. The number of hydrogen-bond acceptors (Lipinski definition) is 3. The minimum atomic E-state index is 0.843. The van der Waals surface area contributed by atoms with Crippen molar-refractivity contribution in [3.63, 3.8) is 0 Å². The first-order valence-corrected chi connectivity index (χ1v) is 8.77. The molecular weight excluding hydrogens is 300 g/mol. The molecule has 2 aliphatic rings. The first-order valence-electron chi connectivity index (χ1n) is 7.95. The van der Waals surface area contributed by atoms with Crippen LogP contribution in [0.3, 0.4) is 0 Å². The van der Waals surface area contributed by atoms with Crippen LogP contribution in [-0.2, 0) is 0 Å². The van der Waals surface area contributed by atoms with Crippen molar-refractivity contribution in [2.45, 2.75) is 20.3 Å². The summed E-state index contributed by atoms with van der Waals surface area (Å²) in [6.45, 7) is 10.2. The lowest BCUT2D eigenvalue weighted by Crippen LogP contribution is -2.26. The number of rotatable bonds is 3. The van der Waals surface area contributed by atoms with Crippen LogP contribution in [-0.4, -0.2) is 23.7 Å². The fraction of sp³-hybridized carbons (Fsp3) is 0.250. The number of nitrogens with zero attached hydrogens (tertiary/aromatic N) is 2. The Balaban J connectivity index is 1.97. The molecule has 0 aliphatic carbocycles. The Morgan fingerprint density at radius 1 is 1.17 bits per heavy atom. The van der Waals surface area contributed by atoms with Crippen molar-refractivity contribution in [3.05, 3.63) is 77.0 Å².